The lowest BCUT2D eigenvalue weighted by Gasteiger charge is -2.34. The zero-order valence-electron chi connectivity index (χ0n) is 23.4. The molecule has 0 saturated carbocycles. The normalized spacial score (nSPS) is 14.6. The van der Waals surface area contributed by atoms with E-state index in [9.17, 15) is 0 Å². The molecule has 2 heterocycles. The molecule has 1 atom stereocenters. The minimum atomic E-state index is 0.340. The van der Waals surface area contributed by atoms with Gasteiger partial charge in [0.25, 0.3) is 0 Å². The molecule has 8 rings (SSSR count). The maximum absolute atomic E-state index is 5.09. The average Bonchev–Trinajstić information content (AvgIpc) is 3.05. The first kappa shape index (κ1) is 24.5. The van der Waals surface area contributed by atoms with Gasteiger partial charge >= 0.3 is 0 Å². The van der Waals surface area contributed by atoms with Crippen LogP contribution in [0.1, 0.15) is 30.4 Å². The summed E-state index contributed by atoms with van der Waals surface area (Å²) in [6.45, 7) is 2.33. The zero-order chi connectivity index (χ0) is 28.0. The molecule has 1 aliphatic carbocycles. The number of hydrogen-bond acceptors (Lipinski definition) is 3. The van der Waals surface area contributed by atoms with Crippen molar-refractivity contribution in [2.75, 3.05) is 4.90 Å². The van der Waals surface area contributed by atoms with Crippen LogP contribution in [0.2, 0.25) is 0 Å². The molecule has 1 aliphatic rings. The monoisotopic (exact) mass is 539 g/mol. The van der Waals surface area contributed by atoms with E-state index in [4.69, 9.17) is 4.98 Å². The molecule has 0 radical (unpaired) electrons. The molecule has 0 fully saturated rings. The van der Waals surface area contributed by atoms with Gasteiger partial charge in [-0.25, -0.2) is 0 Å². The lowest BCUT2D eigenvalue weighted by molar-refractivity contribution is 0.731. The first-order valence-corrected chi connectivity index (χ1v) is 14.6. The molecule has 5 aromatic carbocycles. The summed E-state index contributed by atoms with van der Waals surface area (Å²) in [4.78, 5) is 12.2. The van der Waals surface area contributed by atoms with Crippen molar-refractivity contribution in [3.8, 4) is 11.1 Å². The van der Waals surface area contributed by atoms with E-state index in [2.05, 4.69) is 138 Å². The van der Waals surface area contributed by atoms with E-state index >= 15 is 0 Å². The third-order valence-corrected chi connectivity index (χ3v) is 8.52. The van der Waals surface area contributed by atoms with Crippen LogP contribution < -0.4 is 4.90 Å². The Balaban J connectivity index is 1.45. The molecule has 0 saturated heterocycles. The predicted octanol–water partition coefficient (Wildman–Crippen LogP) is 10.3. The van der Waals surface area contributed by atoms with Gasteiger partial charge in [0, 0.05) is 39.9 Å². The fourth-order valence-corrected chi connectivity index (χ4v) is 6.66. The van der Waals surface area contributed by atoms with Crippen molar-refractivity contribution < 1.29 is 0 Å². The highest BCUT2D eigenvalue weighted by Gasteiger charge is 2.28. The zero-order valence-corrected chi connectivity index (χ0v) is 23.4. The molecule has 0 spiro atoms. The highest BCUT2D eigenvalue weighted by atomic mass is 15.2. The first-order valence-electron chi connectivity index (χ1n) is 14.6. The topological polar surface area (TPSA) is 29.0 Å². The van der Waals surface area contributed by atoms with E-state index < -0.39 is 0 Å². The van der Waals surface area contributed by atoms with Gasteiger partial charge in [-0.1, -0.05) is 91.9 Å². The van der Waals surface area contributed by atoms with E-state index in [1.165, 1.54) is 38.7 Å². The Labute approximate surface area is 245 Å². The Morgan fingerprint density at radius 2 is 1.36 bits per heavy atom. The van der Waals surface area contributed by atoms with Gasteiger partial charge in [-0.2, -0.15) is 0 Å². The lowest BCUT2D eigenvalue weighted by atomic mass is 9.84. The number of benzene rings is 5. The van der Waals surface area contributed by atoms with Gasteiger partial charge in [-0.05, 0) is 82.5 Å². The minimum absolute atomic E-state index is 0.340. The summed E-state index contributed by atoms with van der Waals surface area (Å²) in [5.41, 5.74) is 10.6. The smallest absolute Gasteiger partial charge is 0.0955 e. The Morgan fingerprint density at radius 3 is 2.19 bits per heavy atom. The Bertz CT molecular complexity index is 2070. The van der Waals surface area contributed by atoms with E-state index in [1.54, 1.807) is 0 Å². The summed E-state index contributed by atoms with van der Waals surface area (Å²) in [6, 6.07) is 43.2. The summed E-state index contributed by atoms with van der Waals surface area (Å²) in [7, 11) is 0. The molecule has 42 heavy (non-hydrogen) atoms. The summed E-state index contributed by atoms with van der Waals surface area (Å²) in [6.07, 6.45) is 7.08. The second-order valence-electron chi connectivity index (χ2n) is 11.1. The molecular formula is C39H29N3. The summed E-state index contributed by atoms with van der Waals surface area (Å²) in [5.74, 6) is 0.340. The number of fused-ring (bicyclic) bond motifs is 4. The molecule has 200 valence electrons. The molecule has 1 unspecified atom stereocenters. The Kier molecular flexibility index (Phi) is 5.82. The van der Waals surface area contributed by atoms with Crippen LogP contribution >= 0.6 is 0 Å². The van der Waals surface area contributed by atoms with E-state index in [0.717, 1.165) is 39.6 Å². The Morgan fingerprint density at radius 1 is 0.667 bits per heavy atom. The van der Waals surface area contributed by atoms with Crippen LogP contribution in [0.5, 0.6) is 0 Å². The highest BCUT2D eigenvalue weighted by molar-refractivity contribution is 6.20. The van der Waals surface area contributed by atoms with Gasteiger partial charge in [0.1, 0.15) is 0 Å². The van der Waals surface area contributed by atoms with Crippen molar-refractivity contribution in [3.05, 3.63) is 151 Å². The van der Waals surface area contributed by atoms with Crippen molar-refractivity contribution in [3.63, 3.8) is 0 Å². The molecular weight excluding hydrogens is 510 g/mol. The maximum Gasteiger partial charge on any atom is 0.0955 e. The van der Waals surface area contributed by atoms with Crippen molar-refractivity contribution in [1.29, 1.82) is 0 Å². The fourth-order valence-electron chi connectivity index (χ4n) is 6.66. The number of pyridine rings is 2. The number of rotatable bonds is 4. The van der Waals surface area contributed by atoms with Crippen LogP contribution in [0.15, 0.2) is 139 Å². The molecule has 7 aromatic rings. The number of anilines is 2. The molecule has 0 N–H and O–H groups in total. The summed E-state index contributed by atoms with van der Waals surface area (Å²) in [5, 5.41) is 4.73. The second kappa shape index (κ2) is 9.97. The van der Waals surface area contributed by atoms with Crippen LogP contribution in [0.3, 0.4) is 0 Å². The molecule has 3 heteroatoms. The van der Waals surface area contributed by atoms with Gasteiger partial charge in [0.2, 0.25) is 0 Å². The van der Waals surface area contributed by atoms with Crippen molar-refractivity contribution in [1.82, 2.24) is 9.97 Å². The van der Waals surface area contributed by atoms with E-state index in [1.807, 2.05) is 18.5 Å². The standard InChI is InChI=1S/C39H29N3/c1-26-22-31(24-29-23-28-14-10-20-40-36(28)25-35(26)29)42(30-15-6-3-7-16-30)39-33-18-9-8-17-32(33)37(27-12-4-2-5-13-27)34-19-11-21-41-38(34)39/h2-21,23-26H,22H2,1H3. The fraction of sp³-hybridized carbons (Fsp3) is 0.0769. The third kappa shape index (κ3) is 3.97. The van der Waals surface area contributed by atoms with E-state index in [0.29, 0.717) is 5.92 Å². The summed E-state index contributed by atoms with van der Waals surface area (Å²) < 4.78 is 0. The van der Waals surface area contributed by atoms with E-state index in [-0.39, 0.29) is 0 Å². The number of aromatic nitrogens is 2. The molecule has 0 bridgehead atoms. The van der Waals surface area contributed by atoms with Crippen molar-refractivity contribution in [2.45, 2.75) is 19.3 Å². The van der Waals surface area contributed by atoms with Crippen LogP contribution in [-0.2, 0) is 0 Å². The van der Waals surface area contributed by atoms with Crippen LogP contribution in [0, 0.1) is 0 Å². The largest absolute Gasteiger partial charge is 0.312 e. The van der Waals surface area contributed by atoms with Crippen LogP contribution in [0.25, 0.3) is 49.8 Å². The number of para-hydroxylation sites is 1. The number of allylic oxidation sites excluding steroid dienone is 1. The minimum Gasteiger partial charge on any atom is -0.312 e. The average molecular weight is 540 g/mol. The SMILES string of the molecule is CC1CC(N(c2ccccc2)c2c3ccccc3c(-c3ccccc3)c3cccnc23)=Cc2cc3cccnc3cc21. The highest BCUT2D eigenvalue weighted by Crippen LogP contribution is 2.48. The lowest BCUT2D eigenvalue weighted by Crippen LogP contribution is -2.21. The first-order chi connectivity index (χ1) is 20.8. The van der Waals surface area contributed by atoms with Crippen LogP contribution in [0.4, 0.5) is 11.4 Å². The molecule has 0 aliphatic heterocycles. The predicted molar refractivity (Wildman–Crippen MR) is 176 cm³/mol. The second-order valence-corrected chi connectivity index (χ2v) is 11.1. The Hall–Kier alpha value is -5.28. The van der Waals surface area contributed by atoms with Crippen LogP contribution in [-0.4, -0.2) is 9.97 Å². The number of nitrogens with zero attached hydrogens (tertiary/aromatic N) is 3. The van der Waals surface area contributed by atoms with Gasteiger partial charge < -0.3 is 4.90 Å². The van der Waals surface area contributed by atoms with Gasteiger partial charge in [-0.15, -0.1) is 0 Å². The molecule has 2 aromatic heterocycles. The van der Waals surface area contributed by atoms with Crippen molar-refractivity contribution in [2.24, 2.45) is 0 Å². The molecule has 0 amide bonds. The summed E-state index contributed by atoms with van der Waals surface area (Å²) >= 11 is 0. The third-order valence-electron chi connectivity index (χ3n) is 8.52. The molecule has 3 nitrogen and oxygen atoms in total. The van der Waals surface area contributed by atoms with Gasteiger partial charge in [0.15, 0.2) is 0 Å². The van der Waals surface area contributed by atoms with Crippen molar-refractivity contribution >= 4 is 50.0 Å². The quantitative estimate of drug-likeness (QED) is 0.208. The number of hydrogen-bond donors (Lipinski definition) is 0. The van der Waals surface area contributed by atoms with Gasteiger partial charge in [0.05, 0.1) is 16.7 Å². The maximum atomic E-state index is 5.09. The van der Waals surface area contributed by atoms with Gasteiger partial charge in [-0.3, -0.25) is 9.97 Å².